The number of hydrogen-bond acceptors (Lipinski definition) is 4. The summed E-state index contributed by atoms with van der Waals surface area (Å²) in [5.74, 6) is 0.963. The lowest BCUT2D eigenvalue weighted by molar-refractivity contribution is 0.106. The monoisotopic (exact) mass is 263 g/mol. The largest absolute Gasteiger partial charge is 0.394 e. The summed E-state index contributed by atoms with van der Waals surface area (Å²) in [6, 6.07) is 0. The van der Waals surface area contributed by atoms with Crippen LogP contribution in [0.2, 0.25) is 0 Å². The van der Waals surface area contributed by atoms with Gasteiger partial charge in [0.15, 0.2) is 0 Å². The third-order valence-corrected chi connectivity index (χ3v) is 4.76. The van der Waals surface area contributed by atoms with Crippen molar-refractivity contribution in [3.05, 3.63) is 0 Å². The molecule has 0 unspecified atom stereocenters. The molecule has 5 heteroatoms. The Morgan fingerprint density at radius 1 is 1.35 bits per heavy atom. The van der Waals surface area contributed by atoms with Gasteiger partial charge in [-0.15, -0.1) is 0 Å². The summed E-state index contributed by atoms with van der Waals surface area (Å²) in [5, 5.41) is 12.9. The molecule has 0 aromatic heterocycles. The van der Waals surface area contributed by atoms with Crippen molar-refractivity contribution < 1.29 is 13.5 Å². The molecular weight excluding hydrogens is 238 g/mol. The van der Waals surface area contributed by atoms with Gasteiger partial charge in [0, 0.05) is 11.8 Å². The highest BCUT2D eigenvalue weighted by Gasteiger charge is 2.32. The van der Waals surface area contributed by atoms with E-state index >= 15 is 0 Å². The van der Waals surface area contributed by atoms with Crippen molar-refractivity contribution in [1.29, 1.82) is 0 Å². The Morgan fingerprint density at radius 2 is 1.94 bits per heavy atom. The molecule has 4 nitrogen and oxygen atoms in total. The van der Waals surface area contributed by atoms with Gasteiger partial charge in [0.1, 0.15) is 9.84 Å². The van der Waals surface area contributed by atoms with Gasteiger partial charge in [-0.3, -0.25) is 0 Å². The fourth-order valence-corrected chi connectivity index (χ4v) is 3.06. The van der Waals surface area contributed by atoms with E-state index in [1.54, 1.807) is 0 Å². The van der Waals surface area contributed by atoms with Crippen molar-refractivity contribution in [2.24, 2.45) is 5.92 Å². The van der Waals surface area contributed by atoms with E-state index in [4.69, 9.17) is 0 Å². The number of aliphatic hydroxyl groups excluding tert-OH is 1. The average molecular weight is 263 g/mol. The summed E-state index contributed by atoms with van der Waals surface area (Å²) >= 11 is 0. The summed E-state index contributed by atoms with van der Waals surface area (Å²) < 4.78 is 22.0. The fourth-order valence-electron chi connectivity index (χ4n) is 2.39. The molecule has 0 aliphatic heterocycles. The molecule has 102 valence electrons. The van der Waals surface area contributed by atoms with E-state index in [1.165, 1.54) is 6.26 Å². The standard InChI is InChI=1S/C12H25NO3S/c1-11-4-6-12(10-14,7-5-11)13-8-3-9-17(2,15)16/h11,13-14H,3-10H2,1-2H3. The van der Waals surface area contributed by atoms with E-state index in [2.05, 4.69) is 12.2 Å². The molecule has 1 saturated carbocycles. The normalized spacial score (nSPS) is 30.4. The highest BCUT2D eigenvalue weighted by Crippen LogP contribution is 2.31. The summed E-state index contributed by atoms with van der Waals surface area (Å²) in [5.41, 5.74) is -0.163. The molecule has 1 aliphatic carbocycles. The fraction of sp³-hybridized carbons (Fsp3) is 1.00. The van der Waals surface area contributed by atoms with Gasteiger partial charge in [0.25, 0.3) is 0 Å². The van der Waals surface area contributed by atoms with Crippen LogP contribution in [0.25, 0.3) is 0 Å². The molecular formula is C12H25NO3S. The third kappa shape index (κ3) is 5.36. The van der Waals surface area contributed by atoms with Crippen LogP contribution < -0.4 is 5.32 Å². The van der Waals surface area contributed by atoms with Gasteiger partial charge in [0.2, 0.25) is 0 Å². The van der Waals surface area contributed by atoms with E-state index in [9.17, 15) is 13.5 Å². The molecule has 0 heterocycles. The predicted octanol–water partition coefficient (Wildman–Crippen LogP) is 0.952. The van der Waals surface area contributed by atoms with Crippen LogP contribution >= 0.6 is 0 Å². The molecule has 0 bridgehead atoms. The molecule has 0 atom stereocenters. The Kier molecular flexibility index (Phi) is 5.41. The molecule has 0 saturated heterocycles. The van der Waals surface area contributed by atoms with Gasteiger partial charge in [-0.2, -0.15) is 0 Å². The Morgan fingerprint density at radius 3 is 2.41 bits per heavy atom. The van der Waals surface area contributed by atoms with E-state index in [-0.39, 0.29) is 17.9 Å². The second kappa shape index (κ2) is 6.16. The molecule has 2 N–H and O–H groups in total. The van der Waals surface area contributed by atoms with E-state index in [0.717, 1.165) is 31.6 Å². The van der Waals surface area contributed by atoms with Gasteiger partial charge in [-0.25, -0.2) is 8.42 Å². The number of rotatable bonds is 6. The first kappa shape index (κ1) is 14.9. The van der Waals surface area contributed by atoms with E-state index in [1.807, 2.05) is 0 Å². The first-order valence-electron chi connectivity index (χ1n) is 6.40. The molecule has 0 spiro atoms. The second-order valence-corrected chi connectivity index (χ2v) is 7.79. The first-order chi connectivity index (χ1) is 7.87. The van der Waals surface area contributed by atoms with Gasteiger partial charge >= 0.3 is 0 Å². The van der Waals surface area contributed by atoms with E-state index < -0.39 is 9.84 Å². The van der Waals surface area contributed by atoms with Crippen LogP contribution in [0.1, 0.15) is 39.0 Å². The number of hydrogen-bond donors (Lipinski definition) is 2. The number of nitrogens with one attached hydrogen (secondary N) is 1. The predicted molar refractivity (Wildman–Crippen MR) is 69.8 cm³/mol. The van der Waals surface area contributed by atoms with Crippen molar-refractivity contribution in [2.45, 2.75) is 44.6 Å². The van der Waals surface area contributed by atoms with Crippen LogP contribution in [-0.2, 0) is 9.84 Å². The molecule has 1 aliphatic rings. The minimum atomic E-state index is -2.86. The zero-order valence-electron chi connectivity index (χ0n) is 10.9. The van der Waals surface area contributed by atoms with Gasteiger partial charge in [-0.1, -0.05) is 6.92 Å². The summed E-state index contributed by atoms with van der Waals surface area (Å²) in [7, 11) is -2.86. The van der Waals surface area contributed by atoms with Crippen LogP contribution in [0.4, 0.5) is 0 Å². The van der Waals surface area contributed by atoms with Crippen LogP contribution in [-0.4, -0.2) is 44.2 Å². The second-order valence-electron chi connectivity index (χ2n) is 5.53. The lowest BCUT2D eigenvalue weighted by Crippen LogP contribution is -2.51. The lowest BCUT2D eigenvalue weighted by Gasteiger charge is -2.39. The van der Waals surface area contributed by atoms with Crippen LogP contribution in [0.15, 0.2) is 0 Å². The van der Waals surface area contributed by atoms with Crippen LogP contribution in [0.5, 0.6) is 0 Å². The quantitative estimate of drug-likeness (QED) is 0.700. The zero-order valence-corrected chi connectivity index (χ0v) is 11.7. The Balaban J connectivity index is 2.32. The Labute approximate surface area is 105 Å². The number of sulfone groups is 1. The summed E-state index contributed by atoms with van der Waals surface area (Å²) in [6.45, 7) is 3.06. The maximum absolute atomic E-state index is 11.0. The summed E-state index contributed by atoms with van der Waals surface area (Å²) in [6.07, 6.45) is 6.14. The van der Waals surface area contributed by atoms with Crippen molar-refractivity contribution in [2.75, 3.05) is 25.2 Å². The zero-order chi connectivity index (χ0) is 12.9. The summed E-state index contributed by atoms with van der Waals surface area (Å²) in [4.78, 5) is 0. The van der Waals surface area contributed by atoms with Crippen molar-refractivity contribution in [1.82, 2.24) is 5.32 Å². The SMILES string of the molecule is CC1CCC(CO)(NCCCS(C)(=O)=O)CC1. The minimum Gasteiger partial charge on any atom is -0.394 e. The lowest BCUT2D eigenvalue weighted by atomic mass is 9.77. The molecule has 1 fully saturated rings. The van der Waals surface area contributed by atoms with Gasteiger partial charge < -0.3 is 10.4 Å². The Bertz CT molecular complexity index is 319. The highest BCUT2D eigenvalue weighted by atomic mass is 32.2. The maximum Gasteiger partial charge on any atom is 0.147 e. The van der Waals surface area contributed by atoms with E-state index in [0.29, 0.717) is 13.0 Å². The van der Waals surface area contributed by atoms with Crippen molar-refractivity contribution in [3.63, 3.8) is 0 Å². The Hall–Kier alpha value is -0.130. The first-order valence-corrected chi connectivity index (χ1v) is 8.47. The molecule has 0 amide bonds. The van der Waals surface area contributed by atoms with Crippen molar-refractivity contribution >= 4 is 9.84 Å². The van der Waals surface area contributed by atoms with Gasteiger partial charge in [-0.05, 0) is 44.6 Å². The third-order valence-electron chi connectivity index (χ3n) is 3.73. The molecule has 1 rings (SSSR count). The highest BCUT2D eigenvalue weighted by molar-refractivity contribution is 7.90. The smallest absolute Gasteiger partial charge is 0.147 e. The number of aliphatic hydroxyl groups is 1. The topological polar surface area (TPSA) is 66.4 Å². The van der Waals surface area contributed by atoms with Gasteiger partial charge in [0.05, 0.1) is 12.4 Å². The minimum absolute atomic E-state index is 0.151. The molecule has 17 heavy (non-hydrogen) atoms. The molecule has 0 aromatic rings. The molecule has 0 radical (unpaired) electrons. The van der Waals surface area contributed by atoms with Crippen molar-refractivity contribution in [3.8, 4) is 0 Å². The average Bonchev–Trinajstić information content (AvgIpc) is 2.26. The van der Waals surface area contributed by atoms with Crippen LogP contribution in [0.3, 0.4) is 0 Å². The van der Waals surface area contributed by atoms with Crippen LogP contribution in [0, 0.1) is 5.92 Å². The maximum atomic E-state index is 11.0. The molecule has 0 aromatic carbocycles.